The average molecular weight is 486 g/mol. The second kappa shape index (κ2) is 9.93. The van der Waals surface area contributed by atoms with Crippen LogP contribution in [0.4, 0.5) is 5.69 Å². The zero-order valence-corrected chi connectivity index (χ0v) is 20.5. The van der Waals surface area contributed by atoms with Crippen molar-refractivity contribution in [1.29, 1.82) is 0 Å². The number of pyridine rings is 2. The van der Waals surface area contributed by atoms with E-state index in [1.807, 2.05) is 55.5 Å². The number of carbonyl (C=O) groups excluding carboxylic acids is 1. The van der Waals surface area contributed by atoms with E-state index in [0.717, 1.165) is 40.2 Å². The first kappa shape index (κ1) is 23.1. The molecule has 7 nitrogen and oxygen atoms in total. The van der Waals surface area contributed by atoms with E-state index in [1.54, 1.807) is 37.0 Å². The normalized spacial score (nSPS) is 14.8. The van der Waals surface area contributed by atoms with Crippen LogP contribution in [0.2, 0.25) is 0 Å². The average Bonchev–Trinajstić information content (AvgIpc) is 3.54. The number of methoxy groups -OCH3 is 1. The molecule has 1 aliphatic rings. The van der Waals surface area contributed by atoms with Crippen LogP contribution in [0.15, 0.2) is 72.5 Å². The predicted molar refractivity (Wildman–Crippen MR) is 137 cm³/mol. The second-order valence-electron chi connectivity index (χ2n) is 8.73. The van der Waals surface area contributed by atoms with E-state index < -0.39 is 6.04 Å². The van der Waals surface area contributed by atoms with Crippen LogP contribution in [0, 0.1) is 6.92 Å². The number of anilines is 1. The lowest BCUT2D eigenvalue weighted by atomic mass is 10.0. The third-order valence-corrected chi connectivity index (χ3v) is 7.00. The van der Waals surface area contributed by atoms with Gasteiger partial charge in [0.1, 0.15) is 5.69 Å². The van der Waals surface area contributed by atoms with Crippen molar-refractivity contribution >= 4 is 22.9 Å². The summed E-state index contributed by atoms with van der Waals surface area (Å²) in [4.78, 5) is 26.9. The highest BCUT2D eigenvalue weighted by Gasteiger charge is 2.48. The van der Waals surface area contributed by atoms with E-state index in [4.69, 9.17) is 9.72 Å². The van der Waals surface area contributed by atoms with E-state index in [9.17, 15) is 4.79 Å². The zero-order chi connectivity index (χ0) is 24.3. The van der Waals surface area contributed by atoms with Gasteiger partial charge in [0.25, 0.3) is 0 Å². The van der Waals surface area contributed by atoms with Crippen molar-refractivity contribution in [3.63, 3.8) is 0 Å². The van der Waals surface area contributed by atoms with Crippen LogP contribution in [-0.2, 0) is 16.8 Å². The van der Waals surface area contributed by atoms with E-state index >= 15 is 0 Å². The summed E-state index contributed by atoms with van der Waals surface area (Å²) in [6.45, 7) is 2.01. The Hall–Kier alpha value is -3.62. The highest BCUT2D eigenvalue weighted by Crippen LogP contribution is 2.46. The van der Waals surface area contributed by atoms with Gasteiger partial charge < -0.3 is 10.1 Å². The number of carbonyl (C=O) groups is 1. The number of aryl methyl sites for hydroxylation is 1. The lowest BCUT2D eigenvalue weighted by molar-refractivity contribution is -0.118. The van der Waals surface area contributed by atoms with Gasteiger partial charge in [0.05, 0.1) is 29.4 Å². The predicted octanol–water partition coefficient (Wildman–Crippen LogP) is 4.75. The van der Waals surface area contributed by atoms with E-state index in [0.29, 0.717) is 18.0 Å². The van der Waals surface area contributed by atoms with Crippen LogP contribution in [0.25, 0.3) is 11.1 Å². The Morgan fingerprint density at radius 1 is 1.14 bits per heavy atom. The van der Waals surface area contributed by atoms with Crippen LogP contribution in [0.1, 0.15) is 29.1 Å². The number of nitrogens with one attached hydrogen (secondary N) is 2. The monoisotopic (exact) mass is 485 g/mol. The summed E-state index contributed by atoms with van der Waals surface area (Å²) in [5.41, 5.74) is 4.20. The lowest BCUT2D eigenvalue weighted by Crippen LogP contribution is -2.47. The van der Waals surface area contributed by atoms with Crippen molar-refractivity contribution in [2.24, 2.45) is 0 Å². The first-order valence-corrected chi connectivity index (χ1v) is 12.4. The molecule has 0 radical (unpaired) electrons. The molecule has 1 saturated carbocycles. The summed E-state index contributed by atoms with van der Waals surface area (Å²) in [7, 11) is 1.55. The van der Waals surface area contributed by atoms with Crippen LogP contribution >= 0.6 is 11.3 Å². The highest BCUT2D eigenvalue weighted by molar-refractivity contribution is 7.09. The third kappa shape index (κ3) is 5.23. The number of benzene rings is 1. The number of nitrogens with zero attached hydrogens (tertiary/aromatic N) is 3. The van der Waals surface area contributed by atoms with Gasteiger partial charge in [0, 0.05) is 29.5 Å². The molecule has 5 rings (SSSR count). The fraction of sp³-hybridized carbons (Fsp3) is 0.259. The summed E-state index contributed by atoms with van der Waals surface area (Å²) in [5, 5.41) is 9.85. The maximum atomic E-state index is 13.7. The van der Waals surface area contributed by atoms with Crippen LogP contribution < -0.4 is 15.4 Å². The molecule has 1 fully saturated rings. The quantitative estimate of drug-likeness (QED) is 0.356. The van der Waals surface area contributed by atoms with Gasteiger partial charge in [-0.15, -0.1) is 11.3 Å². The fourth-order valence-electron chi connectivity index (χ4n) is 4.20. The minimum atomic E-state index is -0.462. The second-order valence-corrected chi connectivity index (χ2v) is 9.79. The molecule has 1 atom stereocenters. The lowest BCUT2D eigenvalue weighted by Gasteiger charge is -2.25. The van der Waals surface area contributed by atoms with Crippen molar-refractivity contribution in [2.45, 2.75) is 37.8 Å². The summed E-state index contributed by atoms with van der Waals surface area (Å²) >= 11 is 1.64. The Bertz CT molecular complexity index is 1310. The number of hydrogen-bond acceptors (Lipinski definition) is 7. The number of rotatable bonds is 9. The Labute approximate surface area is 208 Å². The van der Waals surface area contributed by atoms with Gasteiger partial charge in [-0.2, -0.15) is 0 Å². The highest BCUT2D eigenvalue weighted by atomic mass is 32.1. The van der Waals surface area contributed by atoms with Gasteiger partial charge in [0.2, 0.25) is 11.8 Å². The van der Waals surface area contributed by atoms with Gasteiger partial charge in [0.15, 0.2) is 0 Å². The summed E-state index contributed by atoms with van der Waals surface area (Å²) in [6.07, 6.45) is 7.65. The number of ether oxygens (including phenoxy) is 1. The van der Waals surface area contributed by atoms with Crippen molar-refractivity contribution in [3.05, 3.63) is 88.8 Å². The summed E-state index contributed by atoms with van der Waals surface area (Å²) < 4.78 is 5.45. The van der Waals surface area contributed by atoms with Crippen LogP contribution in [-0.4, -0.2) is 34.0 Å². The smallest absolute Gasteiger partial charge is 0.242 e. The Kier molecular flexibility index (Phi) is 6.57. The van der Waals surface area contributed by atoms with Crippen LogP contribution in [0.3, 0.4) is 0 Å². The molecule has 178 valence electrons. The van der Waals surface area contributed by atoms with Crippen molar-refractivity contribution in [1.82, 2.24) is 20.3 Å². The SMILES string of the molecule is COc1ncc(-c2ccncc2)cc1NC(=O)C(Cc1ccccc1)NC1(c2csc(C)n2)CC1. The summed E-state index contributed by atoms with van der Waals surface area (Å²) in [5.74, 6) is 0.227. The molecule has 1 aliphatic carbocycles. The number of amides is 1. The molecule has 8 heteroatoms. The maximum Gasteiger partial charge on any atom is 0.242 e. The molecular formula is C27H27N5O2S. The first-order chi connectivity index (χ1) is 17.1. The Morgan fingerprint density at radius 2 is 1.91 bits per heavy atom. The molecule has 3 heterocycles. The van der Waals surface area contributed by atoms with Gasteiger partial charge in [-0.05, 0) is 55.5 Å². The fourth-order valence-corrected chi connectivity index (χ4v) is 4.91. The molecule has 0 aliphatic heterocycles. The zero-order valence-electron chi connectivity index (χ0n) is 19.7. The number of hydrogen-bond donors (Lipinski definition) is 2. The molecule has 0 saturated heterocycles. The number of thiazole rings is 1. The Morgan fingerprint density at radius 3 is 2.57 bits per heavy atom. The Balaban J connectivity index is 1.42. The minimum absolute atomic E-state index is 0.140. The molecule has 1 amide bonds. The summed E-state index contributed by atoms with van der Waals surface area (Å²) in [6, 6.07) is 15.3. The van der Waals surface area contributed by atoms with Gasteiger partial charge >= 0.3 is 0 Å². The van der Waals surface area contributed by atoms with Crippen molar-refractivity contribution < 1.29 is 9.53 Å². The molecule has 4 aromatic rings. The van der Waals surface area contributed by atoms with Gasteiger partial charge in [-0.3, -0.25) is 15.1 Å². The van der Waals surface area contributed by atoms with Gasteiger partial charge in [-0.1, -0.05) is 30.3 Å². The van der Waals surface area contributed by atoms with Gasteiger partial charge in [-0.25, -0.2) is 9.97 Å². The van der Waals surface area contributed by atoms with Crippen LogP contribution in [0.5, 0.6) is 5.88 Å². The number of aromatic nitrogens is 3. The van der Waals surface area contributed by atoms with Crippen molar-refractivity contribution in [2.75, 3.05) is 12.4 Å². The van der Waals surface area contributed by atoms with E-state index in [-0.39, 0.29) is 11.4 Å². The third-order valence-electron chi connectivity index (χ3n) is 6.22. The largest absolute Gasteiger partial charge is 0.480 e. The molecule has 1 unspecified atom stereocenters. The molecular weight excluding hydrogens is 458 g/mol. The topological polar surface area (TPSA) is 89.0 Å². The molecule has 3 aromatic heterocycles. The van der Waals surface area contributed by atoms with Crippen molar-refractivity contribution in [3.8, 4) is 17.0 Å². The standard InChI is InChI=1S/C27H27N5O2S/c1-18-30-24(17-35-18)27(10-11-27)32-22(14-19-6-4-3-5-7-19)25(33)31-23-15-21(16-29-26(23)34-2)20-8-12-28-13-9-20/h3-9,12-13,15-17,22,32H,10-11,14H2,1-2H3,(H,31,33). The molecule has 2 N–H and O–H groups in total. The first-order valence-electron chi connectivity index (χ1n) is 11.6. The molecule has 0 spiro atoms. The van der Waals surface area contributed by atoms with E-state index in [1.165, 1.54) is 0 Å². The maximum absolute atomic E-state index is 13.7. The molecule has 0 bridgehead atoms. The molecule has 1 aromatic carbocycles. The molecule has 35 heavy (non-hydrogen) atoms. The van der Waals surface area contributed by atoms with E-state index in [2.05, 4.69) is 26.0 Å². The minimum Gasteiger partial charge on any atom is -0.480 e.